The molecule has 1 atom stereocenters. The molecule has 3 aliphatic rings. The van der Waals surface area contributed by atoms with Gasteiger partial charge in [-0.05, 0) is 37.8 Å². The summed E-state index contributed by atoms with van der Waals surface area (Å²) in [5.74, 6) is -1.25. The number of rotatable bonds is 5. The standard InChI is InChI=1S/C23H25N5O4/c1-14-5-6-19(21(29)26-14)28-22(30)17-3-2-4-18(20(17)23(28)31)24-11-15-12-25-27(13-15)16-7-9-32-10-8-16/h2-4,12-13,16,19,24H,1,5-11H2,(H,26,29). The molecular weight excluding hydrogens is 410 g/mol. The Morgan fingerprint density at radius 3 is 2.75 bits per heavy atom. The molecule has 9 heteroatoms. The number of ether oxygens (including phenoxy) is 1. The molecule has 0 aliphatic carbocycles. The van der Waals surface area contributed by atoms with E-state index in [4.69, 9.17) is 4.74 Å². The van der Waals surface area contributed by atoms with Crippen molar-refractivity contribution in [1.82, 2.24) is 20.0 Å². The molecule has 2 saturated heterocycles. The Bertz CT molecular complexity index is 1100. The number of carbonyl (C=O) groups is 3. The van der Waals surface area contributed by atoms with Crippen molar-refractivity contribution in [3.05, 3.63) is 59.6 Å². The third-order valence-corrected chi connectivity index (χ3v) is 6.28. The Morgan fingerprint density at radius 2 is 1.97 bits per heavy atom. The van der Waals surface area contributed by atoms with Gasteiger partial charge in [0.05, 0.1) is 23.4 Å². The minimum absolute atomic E-state index is 0.312. The molecule has 9 nitrogen and oxygen atoms in total. The first-order valence-corrected chi connectivity index (χ1v) is 10.9. The van der Waals surface area contributed by atoms with Crippen LogP contribution in [0.2, 0.25) is 0 Å². The van der Waals surface area contributed by atoms with Crippen molar-refractivity contribution in [3.8, 4) is 0 Å². The van der Waals surface area contributed by atoms with Crippen molar-refractivity contribution < 1.29 is 19.1 Å². The fraction of sp³-hybridized carbons (Fsp3) is 0.391. The van der Waals surface area contributed by atoms with Gasteiger partial charge in [0.2, 0.25) is 5.91 Å². The van der Waals surface area contributed by atoms with E-state index in [1.54, 1.807) is 18.2 Å². The maximum absolute atomic E-state index is 13.2. The van der Waals surface area contributed by atoms with Crippen LogP contribution >= 0.6 is 0 Å². The highest BCUT2D eigenvalue weighted by Crippen LogP contribution is 2.33. The van der Waals surface area contributed by atoms with Gasteiger partial charge in [-0.15, -0.1) is 0 Å². The first-order chi connectivity index (χ1) is 15.5. The maximum Gasteiger partial charge on any atom is 0.264 e. The summed E-state index contributed by atoms with van der Waals surface area (Å²) in [4.78, 5) is 39.7. The largest absolute Gasteiger partial charge is 0.381 e. The lowest BCUT2D eigenvalue weighted by Gasteiger charge is -2.29. The summed E-state index contributed by atoms with van der Waals surface area (Å²) in [7, 11) is 0. The predicted octanol–water partition coefficient (Wildman–Crippen LogP) is 2.23. The van der Waals surface area contributed by atoms with E-state index >= 15 is 0 Å². The van der Waals surface area contributed by atoms with E-state index in [2.05, 4.69) is 22.3 Å². The third-order valence-electron chi connectivity index (χ3n) is 6.28. The second-order valence-corrected chi connectivity index (χ2v) is 8.38. The van der Waals surface area contributed by atoms with Gasteiger partial charge in [-0.2, -0.15) is 5.10 Å². The van der Waals surface area contributed by atoms with Crippen LogP contribution in [0, 0.1) is 0 Å². The van der Waals surface area contributed by atoms with Crippen LogP contribution in [0.15, 0.2) is 42.9 Å². The molecule has 5 rings (SSSR count). The zero-order valence-electron chi connectivity index (χ0n) is 17.7. The monoisotopic (exact) mass is 435 g/mol. The number of carbonyl (C=O) groups excluding carboxylic acids is 3. The van der Waals surface area contributed by atoms with Crippen LogP contribution in [0.3, 0.4) is 0 Å². The molecule has 32 heavy (non-hydrogen) atoms. The number of hydrogen-bond acceptors (Lipinski definition) is 6. The first-order valence-electron chi connectivity index (χ1n) is 10.9. The van der Waals surface area contributed by atoms with Crippen LogP contribution in [-0.4, -0.2) is 51.7 Å². The summed E-state index contributed by atoms with van der Waals surface area (Å²) >= 11 is 0. The molecule has 0 saturated carbocycles. The number of imide groups is 1. The molecule has 1 unspecified atom stereocenters. The Balaban J connectivity index is 1.33. The van der Waals surface area contributed by atoms with Gasteiger partial charge in [0.15, 0.2) is 0 Å². The number of piperidine rings is 1. The Hall–Kier alpha value is -3.46. The smallest absolute Gasteiger partial charge is 0.264 e. The zero-order chi connectivity index (χ0) is 22.2. The average Bonchev–Trinajstić information content (AvgIpc) is 3.37. The fourth-order valence-electron chi connectivity index (χ4n) is 4.56. The number of nitrogens with one attached hydrogen (secondary N) is 2. The molecule has 2 aromatic rings. The van der Waals surface area contributed by atoms with E-state index in [-0.39, 0.29) is 5.91 Å². The molecule has 0 radical (unpaired) electrons. The second kappa shape index (κ2) is 8.23. The molecule has 1 aromatic carbocycles. The van der Waals surface area contributed by atoms with Gasteiger partial charge in [-0.1, -0.05) is 12.6 Å². The van der Waals surface area contributed by atoms with Crippen molar-refractivity contribution in [2.24, 2.45) is 0 Å². The van der Waals surface area contributed by atoms with Gasteiger partial charge in [0.1, 0.15) is 6.04 Å². The van der Waals surface area contributed by atoms with Crippen LogP contribution in [0.5, 0.6) is 0 Å². The average molecular weight is 435 g/mol. The van der Waals surface area contributed by atoms with Gasteiger partial charge in [0.25, 0.3) is 11.8 Å². The lowest BCUT2D eigenvalue weighted by Crippen LogP contribution is -2.51. The number of allylic oxidation sites excluding steroid dienone is 1. The minimum Gasteiger partial charge on any atom is -0.381 e. The Kier molecular flexibility index (Phi) is 5.26. The van der Waals surface area contributed by atoms with Crippen LogP contribution in [0.1, 0.15) is 58.0 Å². The highest BCUT2D eigenvalue weighted by Gasteiger charge is 2.45. The molecular formula is C23H25N5O4. The molecule has 166 valence electrons. The van der Waals surface area contributed by atoms with Crippen molar-refractivity contribution in [2.45, 2.75) is 44.3 Å². The number of fused-ring (bicyclic) bond motifs is 1. The molecule has 0 bridgehead atoms. The first kappa shape index (κ1) is 20.4. The van der Waals surface area contributed by atoms with Crippen LogP contribution < -0.4 is 10.6 Å². The summed E-state index contributed by atoms with van der Waals surface area (Å²) in [6, 6.07) is 4.66. The summed E-state index contributed by atoms with van der Waals surface area (Å²) in [6.07, 6.45) is 6.61. The number of hydrogen-bond donors (Lipinski definition) is 2. The Labute approximate surface area is 185 Å². The van der Waals surface area contributed by atoms with Gasteiger partial charge >= 0.3 is 0 Å². The van der Waals surface area contributed by atoms with Crippen molar-refractivity contribution >= 4 is 23.4 Å². The normalized spacial score (nSPS) is 21.6. The van der Waals surface area contributed by atoms with Gasteiger partial charge < -0.3 is 15.4 Å². The van der Waals surface area contributed by atoms with E-state index in [9.17, 15) is 14.4 Å². The number of benzene rings is 1. The van der Waals surface area contributed by atoms with Gasteiger partial charge in [0, 0.05) is 42.9 Å². The van der Waals surface area contributed by atoms with E-state index < -0.39 is 17.9 Å². The SMILES string of the molecule is C=C1CCC(N2C(=O)c3cccc(NCc4cnn(C5CCOCC5)c4)c3C2=O)C(=O)N1. The van der Waals surface area contributed by atoms with E-state index in [1.807, 2.05) is 17.1 Å². The lowest BCUT2D eigenvalue weighted by atomic mass is 10.0. The van der Waals surface area contributed by atoms with Crippen molar-refractivity contribution in [2.75, 3.05) is 18.5 Å². The second-order valence-electron chi connectivity index (χ2n) is 8.38. The number of nitrogens with zero attached hydrogens (tertiary/aromatic N) is 3. The molecule has 1 aromatic heterocycles. The molecule has 3 aliphatic heterocycles. The Morgan fingerprint density at radius 1 is 1.16 bits per heavy atom. The minimum atomic E-state index is -0.821. The van der Waals surface area contributed by atoms with Gasteiger partial charge in [-0.3, -0.25) is 24.0 Å². The zero-order valence-corrected chi connectivity index (χ0v) is 17.7. The quantitative estimate of drug-likeness (QED) is 0.698. The van der Waals surface area contributed by atoms with E-state index in [0.29, 0.717) is 47.9 Å². The van der Waals surface area contributed by atoms with Crippen molar-refractivity contribution in [3.63, 3.8) is 0 Å². The third kappa shape index (κ3) is 3.58. The fourth-order valence-corrected chi connectivity index (χ4v) is 4.56. The van der Waals surface area contributed by atoms with E-state index in [1.165, 1.54) is 0 Å². The molecule has 3 amide bonds. The highest BCUT2D eigenvalue weighted by atomic mass is 16.5. The molecule has 0 spiro atoms. The summed E-state index contributed by atoms with van der Waals surface area (Å²) in [6.45, 7) is 5.71. The lowest BCUT2D eigenvalue weighted by molar-refractivity contribution is -0.125. The van der Waals surface area contributed by atoms with Crippen LogP contribution in [0.25, 0.3) is 0 Å². The van der Waals surface area contributed by atoms with Crippen molar-refractivity contribution in [1.29, 1.82) is 0 Å². The number of aromatic nitrogens is 2. The number of anilines is 1. The molecule has 2 N–H and O–H groups in total. The highest BCUT2D eigenvalue weighted by molar-refractivity contribution is 6.25. The van der Waals surface area contributed by atoms with Crippen LogP contribution in [-0.2, 0) is 16.1 Å². The summed E-state index contributed by atoms with van der Waals surface area (Å²) in [5, 5.41) is 10.4. The molecule has 4 heterocycles. The summed E-state index contributed by atoms with van der Waals surface area (Å²) < 4.78 is 7.39. The van der Waals surface area contributed by atoms with Crippen LogP contribution in [0.4, 0.5) is 5.69 Å². The maximum atomic E-state index is 13.2. The van der Waals surface area contributed by atoms with E-state index in [0.717, 1.165) is 36.5 Å². The summed E-state index contributed by atoms with van der Waals surface area (Å²) in [5.41, 5.74) is 2.78. The topological polar surface area (TPSA) is 106 Å². The van der Waals surface area contributed by atoms with Gasteiger partial charge in [-0.25, -0.2) is 0 Å². The molecule has 2 fully saturated rings. The predicted molar refractivity (Wildman–Crippen MR) is 116 cm³/mol. The number of amides is 3.